The zero-order valence-corrected chi connectivity index (χ0v) is 14.9. The van der Waals surface area contributed by atoms with Crippen LogP contribution < -0.4 is 5.32 Å². The quantitative estimate of drug-likeness (QED) is 0.786. The SMILES string of the molecule is Cc1cc(C(=O)NCCCN2CCCC2=O)c(C)n1Cc1ccco1. The van der Waals surface area contributed by atoms with Gasteiger partial charge in [0.25, 0.3) is 5.91 Å². The number of aryl methyl sites for hydroxylation is 1. The molecule has 2 aromatic heterocycles. The molecule has 25 heavy (non-hydrogen) atoms. The summed E-state index contributed by atoms with van der Waals surface area (Å²) < 4.78 is 7.48. The van der Waals surface area contributed by atoms with Crippen LogP contribution in [0.1, 0.15) is 46.8 Å². The van der Waals surface area contributed by atoms with Crippen molar-refractivity contribution in [3.63, 3.8) is 0 Å². The van der Waals surface area contributed by atoms with Gasteiger partial charge in [0.05, 0.1) is 18.4 Å². The van der Waals surface area contributed by atoms with E-state index in [2.05, 4.69) is 9.88 Å². The summed E-state index contributed by atoms with van der Waals surface area (Å²) in [5.74, 6) is 1.03. The molecule has 0 atom stereocenters. The molecular formula is C19H25N3O3. The second-order valence-corrected chi connectivity index (χ2v) is 6.54. The van der Waals surface area contributed by atoms with E-state index < -0.39 is 0 Å². The topological polar surface area (TPSA) is 67.5 Å². The minimum atomic E-state index is -0.0634. The fourth-order valence-electron chi connectivity index (χ4n) is 3.34. The number of rotatable bonds is 7. The van der Waals surface area contributed by atoms with E-state index in [1.165, 1.54) is 0 Å². The van der Waals surface area contributed by atoms with E-state index in [4.69, 9.17) is 4.42 Å². The molecule has 134 valence electrons. The van der Waals surface area contributed by atoms with Crippen molar-refractivity contribution in [2.75, 3.05) is 19.6 Å². The molecule has 0 aliphatic carbocycles. The molecule has 2 aromatic rings. The standard InChI is InChI=1S/C19H25N3O3/c1-14-12-17(15(2)22(14)13-16-6-4-11-25-16)19(24)20-8-5-10-21-9-3-7-18(21)23/h4,6,11-12H,3,5,7-10,13H2,1-2H3,(H,20,24). The van der Waals surface area contributed by atoms with Crippen LogP contribution in [0.5, 0.6) is 0 Å². The molecule has 1 saturated heterocycles. The van der Waals surface area contributed by atoms with E-state index in [1.54, 1.807) is 6.26 Å². The highest BCUT2D eigenvalue weighted by Crippen LogP contribution is 2.17. The fraction of sp³-hybridized carbons (Fsp3) is 0.474. The average Bonchev–Trinajstić information content (AvgIpc) is 3.30. The Morgan fingerprint density at radius 2 is 2.20 bits per heavy atom. The summed E-state index contributed by atoms with van der Waals surface area (Å²) in [5.41, 5.74) is 2.66. The highest BCUT2D eigenvalue weighted by atomic mass is 16.3. The van der Waals surface area contributed by atoms with Crippen molar-refractivity contribution >= 4 is 11.8 Å². The summed E-state index contributed by atoms with van der Waals surface area (Å²) in [4.78, 5) is 25.9. The second kappa shape index (κ2) is 7.59. The van der Waals surface area contributed by atoms with Gasteiger partial charge in [0.15, 0.2) is 0 Å². The van der Waals surface area contributed by atoms with Crippen molar-refractivity contribution in [2.24, 2.45) is 0 Å². The number of carbonyl (C=O) groups is 2. The first-order valence-corrected chi connectivity index (χ1v) is 8.81. The predicted molar refractivity (Wildman–Crippen MR) is 94.5 cm³/mol. The summed E-state index contributed by atoms with van der Waals surface area (Å²) in [6, 6.07) is 5.71. The third kappa shape index (κ3) is 3.95. The van der Waals surface area contributed by atoms with Crippen molar-refractivity contribution in [3.8, 4) is 0 Å². The number of carbonyl (C=O) groups excluding carboxylic acids is 2. The maximum Gasteiger partial charge on any atom is 0.253 e. The normalized spacial score (nSPS) is 14.3. The molecule has 1 aliphatic heterocycles. The largest absolute Gasteiger partial charge is 0.467 e. The van der Waals surface area contributed by atoms with Crippen LogP contribution in [0.2, 0.25) is 0 Å². The lowest BCUT2D eigenvalue weighted by atomic mass is 10.2. The van der Waals surface area contributed by atoms with Crippen LogP contribution in [-0.2, 0) is 11.3 Å². The molecule has 0 saturated carbocycles. The smallest absolute Gasteiger partial charge is 0.253 e. The lowest BCUT2D eigenvalue weighted by Gasteiger charge is -2.15. The zero-order valence-electron chi connectivity index (χ0n) is 14.9. The predicted octanol–water partition coefficient (Wildman–Crippen LogP) is 2.49. The second-order valence-electron chi connectivity index (χ2n) is 6.54. The van der Waals surface area contributed by atoms with E-state index in [0.29, 0.717) is 25.1 Å². The number of nitrogens with zero attached hydrogens (tertiary/aromatic N) is 2. The van der Waals surface area contributed by atoms with Crippen LogP contribution in [-0.4, -0.2) is 40.9 Å². The third-order valence-electron chi connectivity index (χ3n) is 4.77. The van der Waals surface area contributed by atoms with Crippen LogP contribution in [0.25, 0.3) is 0 Å². The number of hydrogen-bond donors (Lipinski definition) is 1. The molecule has 1 N–H and O–H groups in total. The first-order chi connectivity index (χ1) is 12.1. The summed E-state index contributed by atoms with van der Waals surface area (Å²) >= 11 is 0. The monoisotopic (exact) mass is 343 g/mol. The lowest BCUT2D eigenvalue weighted by Crippen LogP contribution is -2.30. The van der Waals surface area contributed by atoms with Crippen molar-refractivity contribution in [2.45, 2.75) is 39.7 Å². The van der Waals surface area contributed by atoms with E-state index in [0.717, 1.165) is 43.1 Å². The fourth-order valence-corrected chi connectivity index (χ4v) is 3.34. The van der Waals surface area contributed by atoms with Gasteiger partial charge in [-0.15, -0.1) is 0 Å². The zero-order chi connectivity index (χ0) is 17.8. The molecule has 3 rings (SSSR count). The van der Waals surface area contributed by atoms with Crippen molar-refractivity contribution < 1.29 is 14.0 Å². The Kier molecular flexibility index (Phi) is 5.26. The van der Waals surface area contributed by atoms with Crippen molar-refractivity contribution in [3.05, 3.63) is 47.2 Å². The van der Waals surface area contributed by atoms with Gasteiger partial charge in [-0.05, 0) is 44.9 Å². The highest BCUT2D eigenvalue weighted by molar-refractivity contribution is 5.95. The molecule has 1 fully saturated rings. The Hall–Kier alpha value is -2.50. The average molecular weight is 343 g/mol. The van der Waals surface area contributed by atoms with Gasteiger partial charge in [0, 0.05) is 37.4 Å². The van der Waals surface area contributed by atoms with Crippen LogP contribution in [0.15, 0.2) is 28.9 Å². The Balaban J connectivity index is 1.54. The number of aromatic nitrogens is 1. The number of amides is 2. The number of hydrogen-bond acceptors (Lipinski definition) is 3. The third-order valence-corrected chi connectivity index (χ3v) is 4.77. The van der Waals surface area contributed by atoms with Crippen molar-refractivity contribution in [1.82, 2.24) is 14.8 Å². The first-order valence-electron chi connectivity index (χ1n) is 8.81. The molecule has 2 amide bonds. The number of likely N-dealkylation sites (tertiary alicyclic amines) is 1. The molecule has 3 heterocycles. The van der Waals surface area contributed by atoms with Gasteiger partial charge in [-0.25, -0.2) is 0 Å². The van der Waals surface area contributed by atoms with Crippen molar-refractivity contribution in [1.29, 1.82) is 0 Å². The summed E-state index contributed by atoms with van der Waals surface area (Å²) in [7, 11) is 0. The number of nitrogens with one attached hydrogen (secondary N) is 1. The van der Waals surface area contributed by atoms with Gasteiger partial charge in [-0.3, -0.25) is 9.59 Å². The molecule has 6 heteroatoms. The molecular weight excluding hydrogens is 318 g/mol. The Morgan fingerprint density at radius 1 is 1.36 bits per heavy atom. The Bertz CT molecular complexity index is 746. The van der Waals surface area contributed by atoms with Gasteiger partial charge < -0.3 is 19.2 Å². The highest BCUT2D eigenvalue weighted by Gasteiger charge is 2.20. The van der Waals surface area contributed by atoms with E-state index in [1.807, 2.05) is 36.9 Å². The minimum absolute atomic E-state index is 0.0634. The van der Waals surface area contributed by atoms with Crippen LogP contribution in [0.3, 0.4) is 0 Å². The molecule has 0 spiro atoms. The lowest BCUT2D eigenvalue weighted by molar-refractivity contribution is -0.127. The molecule has 0 aromatic carbocycles. The maximum atomic E-state index is 12.5. The van der Waals surface area contributed by atoms with Gasteiger partial charge >= 0.3 is 0 Å². The molecule has 6 nitrogen and oxygen atoms in total. The van der Waals surface area contributed by atoms with E-state index in [-0.39, 0.29) is 11.8 Å². The van der Waals surface area contributed by atoms with Gasteiger partial charge in [0.1, 0.15) is 5.76 Å². The van der Waals surface area contributed by atoms with Gasteiger partial charge in [-0.1, -0.05) is 0 Å². The van der Waals surface area contributed by atoms with E-state index in [9.17, 15) is 9.59 Å². The minimum Gasteiger partial charge on any atom is -0.467 e. The van der Waals surface area contributed by atoms with Crippen LogP contribution >= 0.6 is 0 Å². The Morgan fingerprint density at radius 3 is 2.88 bits per heavy atom. The summed E-state index contributed by atoms with van der Waals surface area (Å²) in [5, 5.41) is 2.96. The molecule has 0 radical (unpaired) electrons. The summed E-state index contributed by atoms with van der Waals surface area (Å²) in [6.45, 7) is 6.70. The van der Waals surface area contributed by atoms with Gasteiger partial charge in [0.2, 0.25) is 5.91 Å². The van der Waals surface area contributed by atoms with E-state index >= 15 is 0 Å². The van der Waals surface area contributed by atoms with Crippen LogP contribution in [0.4, 0.5) is 0 Å². The molecule has 1 aliphatic rings. The molecule has 0 bridgehead atoms. The summed E-state index contributed by atoms with van der Waals surface area (Å²) in [6.07, 6.45) is 4.05. The number of furan rings is 1. The van der Waals surface area contributed by atoms with Crippen LogP contribution in [0, 0.1) is 13.8 Å². The molecule has 0 unspecified atom stereocenters. The maximum absolute atomic E-state index is 12.5. The van der Waals surface area contributed by atoms with Gasteiger partial charge in [-0.2, -0.15) is 0 Å². The Labute approximate surface area is 147 Å². The first kappa shape index (κ1) is 17.3.